The topological polar surface area (TPSA) is 92.0 Å². The van der Waals surface area contributed by atoms with Crippen molar-refractivity contribution in [3.05, 3.63) is 24.2 Å². The maximum atomic E-state index is 11.9. The lowest BCUT2D eigenvalue weighted by Crippen LogP contribution is -2.44. The average molecular weight is 284 g/mol. The monoisotopic (exact) mass is 284 g/mol. The van der Waals surface area contributed by atoms with Crippen LogP contribution in [0.2, 0.25) is 0 Å². The van der Waals surface area contributed by atoms with Gasteiger partial charge in [-0.1, -0.05) is 0 Å². The summed E-state index contributed by atoms with van der Waals surface area (Å²) in [7, 11) is 3.03. The molecule has 0 radical (unpaired) electrons. The molecule has 7 heteroatoms. The van der Waals surface area contributed by atoms with E-state index in [0.29, 0.717) is 13.0 Å². The van der Waals surface area contributed by atoms with E-state index >= 15 is 0 Å². The zero-order valence-electron chi connectivity index (χ0n) is 11.7. The summed E-state index contributed by atoms with van der Waals surface area (Å²) in [5.74, 6) is -0.498. The molecule has 112 valence electrons. The van der Waals surface area contributed by atoms with E-state index in [1.807, 2.05) is 0 Å². The Morgan fingerprint density at radius 1 is 1.55 bits per heavy atom. The molecule has 1 unspecified atom stereocenters. The van der Waals surface area contributed by atoms with Gasteiger partial charge in [0.25, 0.3) is 5.91 Å². The molecule has 0 aliphatic carbocycles. The number of carbonyl (C=O) groups excluding carboxylic acids is 2. The minimum Gasteiger partial charge on any atom is -0.459 e. The van der Waals surface area contributed by atoms with E-state index in [1.165, 1.54) is 31.4 Å². The fourth-order valence-electron chi connectivity index (χ4n) is 1.70. The van der Waals surface area contributed by atoms with Crippen LogP contribution in [0.4, 0.5) is 0 Å². The summed E-state index contributed by atoms with van der Waals surface area (Å²) in [5.41, 5.74) is 0. The van der Waals surface area contributed by atoms with E-state index in [4.69, 9.17) is 14.3 Å². The van der Waals surface area contributed by atoms with E-state index in [9.17, 15) is 9.59 Å². The second-order valence-electron chi connectivity index (χ2n) is 4.37. The first-order chi connectivity index (χ1) is 9.58. The first-order valence-electron chi connectivity index (χ1n) is 6.26. The number of aliphatic hydroxyl groups is 1. The van der Waals surface area contributed by atoms with Crippen molar-refractivity contribution in [2.45, 2.75) is 12.5 Å². The SMILES string of the molecule is COCC(CCO)NC(=O)CN(C)C(=O)c1ccco1. The number of amides is 2. The predicted molar refractivity (Wildman–Crippen MR) is 71.2 cm³/mol. The molecular weight excluding hydrogens is 264 g/mol. The summed E-state index contributed by atoms with van der Waals surface area (Å²) in [6, 6.07) is 2.87. The van der Waals surface area contributed by atoms with Crippen molar-refractivity contribution >= 4 is 11.8 Å². The van der Waals surface area contributed by atoms with E-state index < -0.39 is 0 Å². The zero-order valence-corrected chi connectivity index (χ0v) is 11.7. The Morgan fingerprint density at radius 3 is 2.85 bits per heavy atom. The smallest absolute Gasteiger partial charge is 0.289 e. The molecule has 2 amide bonds. The summed E-state index contributed by atoms with van der Waals surface area (Å²) >= 11 is 0. The Labute approximate surface area is 117 Å². The fraction of sp³-hybridized carbons (Fsp3) is 0.538. The highest BCUT2D eigenvalue weighted by molar-refractivity contribution is 5.94. The first-order valence-corrected chi connectivity index (χ1v) is 6.26. The lowest BCUT2D eigenvalue weighted by molar-refractivity contribution is -0.122. The Hall–Kier alpha value is -1.86. The number of nitrogens with one attached hydrogen (secondary N) is 1. The second kappa shape index (κ2) is 8.34. The Kier molecular flexibility index (Phi) is 6.75. The van der Waals surface area contributed by atoms with Crippen molar-refractivity contribution in [1.29, 1.82) is 0 Å². The molecule has 20 heavy (non-hydrogen) atoms. The minimum atomic E-state index is -0.365. The number of hydrogen-bond acceptors (Lipinski definition) is 5. The molecule has 0 aromatic carbocycles. The zero-order chi connectivity index (χ0) is 15.0. The standard InChI is InChI=1S/C13H20N2O5/c1-15(13(18)11-4-3-7-20-11)8-12(17)14-10(5-6-16)9-19-2/h3-4,7,10,16H,5-6,8-9H2,1-2H3,(H,14,17). The third-order valence-electron chi connectivity index (χ3n) is 2.67. The van der Waals surface area contributed by atoms with Gasteiger partial charge in [-0.25, -0.2) is 0 Å². The number of aliphatic hydroxyl groups excluding tert-OH is 1. The number of likely N-dealkylation sites (N-methyl/N-ethyl adjacent to an activating group) is 1. The molecule has 1 rings (SSSR count). The van der Waals surface area contributed by atoms with Gasteiger partial charge in [-0.15, -0.1) is 0 Å². The minimum absolute atomic E-state index is 0.0462. The molecule has 0 fully saturated rings. The Morgan fingerprint density at radius 2 is 2.30 bits per heavy atom. The number of methoxy groups -OCH3 is 1. The summed E-state index contributed by atoms with van der Waals surface area (Å²) in [6.07, 6.45) is 1.80. The molecule has 7 nitrogen and oxygen atoms in total. The van der Waals surface area contributed by atoms with Gasteiger partial charge in [-0.2, -0.15) is 0 Å². The van der Waals surface area contributed by atoms with Gasteiger partial charge in [0.05, 0.1) is 25.5 Å². The molecule has 0 spiro atoms. The van der Waals surface area contributed by atoms with Crippen LogP contribution in [-0.4, -0.2) is 61.8 Å². The third kappa shape index (κ3) is 5.02. The molecule has 0 saturated heterocycles. The molecule has 1 aromatic rings. The van der Waals surface area contributed by atoms with Gasteiger partial charge < -0.3 is 24.5 Å². The Balaban J connectivity index is 2.46. The number of ether oxygens (including phenoxy) is 1. The largest absolute Gasteiger partial charge is 0.459 e. The fourth-order valence-corrected chi connectivity index (χ4v) is 1.70. The average Bonchev–Trinajstić information content (AvgIpc) is 2.92. The van der Waals surface area contributed by atoms with Gasteiger partial charge >= 0.3 is 0 Å². The lowest BCUT2D eigenvalue weighted by Gasteiger charge is -2.20. The quantitative estimate of drug-likeness (QED) is 0.693. The van der Waals surface area contributed by atoms with Crippen LogP contribution in [0.1, 0.15) is 17.0 Å². The number of furan rings is 1. The van der Waals surface area contributed by atoms with Crippen molar-refractivity contribution in [2.75, 3.05) is 33.9 Å². The molecule has 0 aliphatic rings. The van der Waals surface area contributed by atoms with Crippen LogP contribution in [0.15, 0.2) is 22.8 Å². The maximum Gasteiger partial charge on any atom is 0.289 e. The molecule has 1 atom stereocenters. The van der Waals surface area contributed by atoms with Crippen molar-refractivity contribution in [1.82, 2.24) is 10.2 Å². The van der Waals surface area contributed by atoms with Gasteiger partial charge in [0.2, 0.25) is 5.91 Å². The number of carbonyl (C=O) groups is 2. The van der Waals surface area contributed by atoms with Gasteiger partial charge in [0.1, 0.15) is 0 Å². The van der Waals surface area contributed by atoms with Crippen molar-refractivity contribution in [3.63, 3.8) is 0 Å². The van der Waals surface area contributed by atoms with E-state index in [2.05, 4.69) is 5.32 Å². The van der Waals surface area contributed by atoms with Gasteiger partial charge in [-0.3, -0.25) is 9.59 Å². The summed E-state index contributed by atoms with van der Waals surface area (Å²) in [5, 5.41) is 11.6. The van der Waals surface area contributed by atoms with Crippen LogP contribution in [0.3, 0.4) is 0 Å². The van der Waals surface area contributed by atoms with Gasteiger partial charge in [0.15, 0.2) is 5.76 Å². The lowest BCUT2D eigenvalue weighted by atomic mass is 10.2. The van der Waals surface area contributed by atoms with Crippen LogP contribution in [0.25, 0.3) is 0 Å². The van der Waals surface area contributed by atoms with Crippen molar-refractivity contribution in [3.8, 4) is 0 Å². The molecule has 0 saturated carbocycles. The molecule has 1 heterocycles. The number of rotatable bonds is 8. The summed E-state index contributed by atoms with van der Waals surface area (Å²) in [4.78, 5) is 24.9. The molecule has 2 N–H and O–H groups in total. The van der Waals surface area contributed by atoms with Gasteiger partial charge in [0, 0.05) is 20.8 Å². The van der Waals surface area contributed by atoms with Crippen molar-refractivity contribution in [2.24, 2.45) is 0 Å². The highest BCUT2D eigenvalue weighted by Gasteiger charge is 2.18. The van der Waals surface area contributed by atoms with Crippen molar-refractivity contribution < 1.29 is 23.8 Å². The molecule has 1 aromatic heterocycles. The molecule has 0 aliphatic heterocycles. The van der Waals surface area contributed by atoms with Gasteiger partial charge in [-0.05, 0) is 18.6 Å². The second-order valence-corrected chi connectivity index (χ2v) is 4.37. The molecule has 0 bridgehead atoms. The van der Waals surface area contributed by atoms with E-state index in [0.717, 1.165) is 0 Å². The van der Waals surface area contributed by atoms with Crippen LogP contribution in [0.5, 0.6) is 0 Å². The summed E-state index contributed by atoms with van der Waals surface area (Å²) < 4.78 is 9.93. The van der Waals surface area contributed by atoms with Crippen LogP contribution < -0.4 is 5.32 Å². The highest BCUT2D eigenvalue weighted by Crippen LogP contribution is 2.03. The third-order valence-corrected chi connectivity index (χ3v) is 2.67. The van der Waals surface area contributed by atoms with Crippen LogP contribution in [-0.2, 0) is 9.53 Å². The van der Waals surface area contributed by atoms with E-state index in [1.54, 1.807) is 6.07 Å². The highest BCUT2D eigenvalue weighted by atomic mass is 16.5. The number of nitrogens with zero attached hydrogens (tertiary/aromatic N) is 1. The normalized spacial score (nSPS) is 11.9. The predicted octanol–water partition coefficient (Wildman–Crippen LogP) is -0.135. The maximum absolute atomic E-state index is 11.9. The van der Waals surface area contributed by atoms with Crippen LogP contribution in [0, 0.1) is 0 Å². The Bertz CT molecular complexity index is 412. The number of hydrogen-bond donors (Lipinski definition) is 2. The first kappa shape index (κ1) is 16.2. The molecular formula is C13H20N2O5. The van der Waals surface area contributed by atoms with Crippen LogP contribution >= 0.6 is 0 Å². The summed E-state index contributed by atoms with van der Waals surface area (Å²) in [6.45, 7) is 0.169. The van der Waals surface area contributed by atoms with E-state index in [-0.39, 0.29) is 36.8 Å².